The Morgan fingerprint density at radius 3 is 2.45 bits per heavy atom. The second-order valence-corrected chi connectivity index (χ2v) is 9.15. The minimum absolute atomic E-state index is 0.0553. The molecule has 1 saturated carbocycles. The molecule has 0 N–H and O–H groups in total. The number of hydrogen-bond donors (Lipinski definition) is 0. The Morgan fingerprint density at radius 1 is 1.03 bits per heavy atom. The van der Waals surface area contributed by atoms with Crippen LogP contribution in [0.2, 0.25) is 10.0 Å². The molecule has 0 bridgehead atoms. The average Bonchev–Trinajstić information content (AvgIpc) is 3.18. The van der Waals surface area contributed by atoms with Crippen LogP contribution in [0, 0.1) is 0 Å². The van der Waals surface area contributed by atoms with Crippen LogP contribution in [-0.4, -0.2) is 22.8 Å². The average molecular weight is 450 g/mol. The predicted molar refractivity (Wildman–Crippen MR) is 117 cm³/mol. The van der Waals surface area contributed by atoms with Crippen molar-refractivity contribution in [2.75, 3.05) is 0 Å². The van der Waals surface area contributed by atoms with E-state index in [1.807, 2.05) is 6.07 Å². The van der Waals surface area contributed by atoms with E-state index in [0.717, 1.165) is 44.3 Å². The molecule has 1 aromatic heterocycles. The van der Waals surface area contributed by atoms with Gasteiger partial charge in [0.1, 0.15) is 5.76 Å². The Hall–Kier alpha value is -1.69. The van der Waals surface area contributed by atoms with Crippen LogP contribution in [0.1, 0.15) is 49.8 Å². The summed E-state index contributed by atoms with van der Waals surface area (Å²) < 4.78 is 5.40. The Morgan fingerprint density at radius 2 is 1.79 bits per heavy atom. The van der Waals surface area contributed by atoms with E-state index >= 15 is 0 Å². The third kappa shape index (κ3) is 4.27. The highest BCUT2D eigenvalue weighted by Crippen LogP contribution is 2.42. The third-order valence-corrected chi connectivity index (χ3v) is 7.05. The first-order valence-corrected chi connectivity index (χ1v) is 11.5. The number of thioether (sulfide) groups is 1. The molecule has 2 amide bonds. The van der Waals surface area contributed by atoms with Crippen molar-refractivity contribution in [3.8, 4) is 0 Å². The molecule has 2 aliphatic rings. The van der Waals surface area contributed by atoms with Gasteiger partial charge in [-0.1, -0.05) is 55.0 Å². The Kier molecular flexibility index (Phi) is 6.38. The number of carbonyl (C=O) groups excluding carboxylic acids is 2. The van der Waals surface area contributed by atoms with Gasteiger partial charge in [0.2, 0.25) is 0 Å². The van der Waals surface area contributed by atoms with Gasteiger partial charge in [-0.2, -0.15) is 0 Å². The first kappa shape index (κ1) is 20.6. The molecule has 2 heterocycles. The number of carbonyl (C=O) groups is 2. The molecular formula is C22H21Cl2NO3S. The maximum Gasteiger partial charge on any atom is 0.268 e. The first-order chi connectivity index (χ1) is 14.1. The van der Waals surface area contributed by atoms with Gasteiger partial charge >= 0.3 is 0 Å². The topological polar surface area (TPSA) is 50.5 Å². The van der Waals surface area contributed by atoms with Crippen LogP contribution in [0.25, 0.3) is 5.57 Å². The van der Waals surface area contributed by atoms with Gasteiger partial charge in [-0.3, -0.25) is 14.5 Å². The van der Waals surface area contributed by atoms with E-state index in [-0.39, 0.29) is 17.9 Å². The maximum absolute atomic E-state index is 13.5. The van der Waals surface area contributed by atoms with Crippen molar-refractivity contribution in [2.24, 2.45) is 0 Å². The van der Waals surface area contributed by atoms with Crippen LogP contribution >= 0.6 is 35.0 Å². The highest BCUT2D eigenvalue weighted by molar-refractivity contribution is 8.03. The lowest BCUT2D eigenvalue weighted by Crippen LogP contribution is -2.40. The van der Waals surface area contributed by atoms with Crippen LogP contribution in [0.15, 0.2) is 45.9 Å². The van der Waals surface area contributed by atoms with E-state index in [9.17, 15) is 9.59 Å². The van der Waals surface area contributed by atoms with Gasteiger partial charge in [-0.15, -0.1) is 11.8 Å². The van der Waals surface area contributed by atoms with Crippen molar-refractivity contribution in [2.45, 2.75) is 50.3 Å². The van der Waals surface area contributed by atoms with Crippen LogP contribution in [-0.2, 0) is 15.3 Å². The van der Waals surface area contributed by atoms with Gasteiger partial charge in [-0.05, 0) is 37.1 Å². The monoisotopic (exact) mass is 449 g/mol. The standard InChI is InChI=1S/C22H21Cl2NO3S/c23-14-9-10-17(18(24)12-14)19-20(29-13-16-8-5-11-28-16)22(27)25(21(19)26)15-6-3-1-2-4-7-15/h5,8-12,15H,1-4,6-7,13H2. The molecule has 1 fully saturated rings. The summed E-state index contributed by atoms with van der Waals surface area (Å²) in [5.74, 6) is 0.735. The molecule has 0 unspecified atom stereocenters. The SMILES string of the molecule is O=C1C(SCc2ccco2)=C(c2ccc(Cl)cc2Cl)C(=O)N1C1CCCCCC1. The third-order valence-electron chi connectivity index (χ3n) is 5.40. The van der Waals surface area contributed by atoms with E-state index in [4.69, 9.17) is 27.6 Å². The van der Waals surface area contributed by atoms with Crippen LogP contribution in [0.4, 0.5) is 0 Å². The number of furan rings is 1. The fourth-order valence-electron chi connectivity index (χ4n) is 3.98. The summed E-state index contributed by atoms with van der Waals surface area (Å²) in [5, 5.41) is 0.856. The molecule has 0 radical (unpaired) electrons. The number of amides is 2. The zero-order chi connectivity index (χ0) is 20.4. The highest BCUT2D eigenvalue weighted by Gasteiger charge is 2.43. The minimum Gasteiger partial charge on any atom is -0.468 e. The summed E-state index contributed by atoms with van der Waals surface area (Å²) in [7, 11) is 0. The largest absolute Gasteiger partial charge is 0.468 e. The molecule has 0 saturated heterocycles. The highest BCUT2D eigenvalue weighted by atomic mass is 35.5. The zero-order valence-corrected chi connectivity index (χ0v) is 18.2. The lowest BCUT2D eigenvalue weighted by Gasteiger charge is -2.25. The lowest BCUT2D eigenvalue weighted by molar-refractivity contribution is -0.139. The normalized spacial score (nSPS) is 18.6. The van der Waals surface area contributed by atoms with Gasteiger partial charge in [0, 0.05) is 16.6 Å². The fourth-order valence-corrected chi connectivity index (χ4v) is 5.49. The lowest BCUT2D eigenvalue weighted by atomic mass is 10.0. The van der Waals surface area contributed by atoms with Crippen molar-refractivity contribution < 1.29 is 14.0 Å². The van der Waals surface area contributed by atoms with Gasteiger partial charge in [0.15, 0.2) is 0 Å². The number of rotatable bonds is 5. The van der Waals surface area contributed by atoms with Crippen LogP contribution in [0.3, 0.4) is 0 Å². The zero-order valence-electron chi connectivity index (χ0n) is 15.8. The number of nitrogens with zero attached hydrogens (tertiary/aromatic N) is 1. The second kappa shape index (κ2) is 8.99. The number of imide groups is 1. The number of hydrogen-bond acceptors (Lipinski definition) is 4. The summed E-state index contributed by atoms with van der Waals surface area (Å²) in [6.45, 7) is 0. The molecule has 4 nitrogen and oxygen atoms in total. The van der Waals surface area contributed by atoms with Gasteiger partial charge < -0.3 is 4.42 Å². The van der Waals surface area contributed by atoms with Gasteiger partial charge in [-0.25, -0.2) is 0 Å². The predicted octanol–water partition coefficient (Wildman–Crippen LogP) is 6.32. The molecule has 7 heteroatoms. The maximum atomic E-state index is 13.5. The van der Waals surface area contributed by atoms with Gasteiger partial charge in [0.25, 0.3) is 11.8 Å². The quantitative estimate of drug-likeness (QED) is 0.395. The summed E-state index contributed by atoms with van der Waals surface area (Å²) >= 11 is 13.8. The number of halogens is 2. The van der Waals surface area contributed by atoms with Crippen molar-refractivity contribution >= 4 is 52.4 Å². The van der Waals surface area contributed by atoms with Crippen molar-refractivity contribution in [3.63, 3.8) is 0 Å². The molecule has 1 aliphatic heterocycles. The molecule has 4 rings (SSSR count). The smallest absolute Gasteiger partial charge is 0.268 e. The van der Waals surface area contributed by atoms with Crippen molar-refractivity contribution in [1.82, 2.24) is 4.90 Å². The van der Waals surface area contributed by atoms with E-state index in [1.54, 1.807) is 30.5 Å². The molecular weight excluding hydrogens is 429 g/mol. The van der Waals surface area contributed by atoms with Crippen LogP contribution in [0.5, 0.6) is 0 Å². The summed E-state index contributed by atoms with van der Waals surface area (Å²) in [6, 6.07) is 8.62. The molecule has 2 aromatic rings. The summed E-state index contributed by atoms with van der Waals surface area (Å²) in [6.07, 6.45) is 7.68. The van der Waals surface area contributed by atoms with E-state index in [2.05, 4.69) is 0 Å². The number of benzene rings is 1. The van der Waals surface area contributed by atoms with Crippen molar-refractivity contribution in [3.05, 3.63) is 62.9 Å². The van der Waals surface area contributed by atoms with Crippen LogP contribution < -0.4 is 0 Å². The molecule has 0 spiro atoms. The second-order valence-electron chi connectivity index (χ2n) is 7.32. The molecule has 29 heavy (non-hydrogen) atoms. The van der Waals surface area contributed by atoms with E-state index < -0.39 is 0 Å². The van der Waals surface area contributed by atoms with Gasteiger partial charge in [0.05, 0.1) is 27.5 Å². The summed E-state index contributed by atoms with van der Waals surface area (Å²) in [5.41, 5.74) is 0.921. The fraction of sp³-hybridized carbons (Fsp3) is 0.364. The molecule has 1 aliphatic carbocycles. The Labute approximate surface area is 184 Å². The molecule has 0 atom stereocenters. The van der Waals surface area contributed by atoms with E-state index in [1.165, 1.54) is 16.7 Å². The molecule has 1 aromatic carbocycles. The Balaban J connectivity index is 1.71. The van der Waals surface area contributed by atoms with Crippen molar-refractivity contribution in [1.29, 1.82) is 0 Å². The first-order valence-electron chi connectivity index (χ1n) is 9.79. The van der Waals surface area contributed by atoms with E-state index in [0.29, 0.717) is 31.8 Å². The minimum atomic E-state index is -0.256. The summed E-state index contributed by atoms with van der Waals surface area (Å²) in [4.78, 5) is 28.7. The molecule has 152 valence electrons. The Bertz CT molecular complexity index is 947.